The van der Waals surface area contributed by atoms with Gasteiger partial charge in [-0.25, -0.2) is 4.98 Å². The standard InChI is InChI=1S/C13H21N3O/c1-3-11-9-17-8-7-16(11)13-12(10(2)14)5-4-6-15-13/h4-6,10-11H,3,7-9,14H2,1-2H3. The quantitative estimate of drug-likeness (QED) is 0.866. The van der Waals surface area contributed by atoms with Crippen LogP contribution in [0, 0.1) is 0 Å². The first-order valence-electron chi connectivity index (χ1n) is 6.29. The van der Waals surface area contributed by atoms with Gasteiger partial charge in [0.1, 0.15) is 5.82 Å². The molecule has 0 aliphatic carbocycles. The molecule has 1 fully saturated rings. The number of aromatic nitrogens is 1. The van der Waals surface area contributed by atoms with E-state index < -0.39 is 0 Å². The third-order valence-corrected chi connectivity index (χ3v) is 3.28. The largest absolute Gasteiger partial charge is 0.377 e. The number of rotatable bonds is 3. The molecule has 94 valence electrons. The molecule has 1 aromatic rings. The van der Waals surface area contributed by atoms with Crippen LogP contribution in [0.4, 0.5) is 5.82 Å². The monoisotopic (exact) mass is 235 g/mol. The minimum atomic E-state index is 0.0130. The Morgan fingerprint density at radius 1 is 1.65 bits per heavy atom. The molecule has 0 saturated carbocycles. The van der Waals surface area contributed by atoms with Crippen molar-refractivity contribution in [3.63, 3.8) is 0 Å². The summed E-state index contributed by atoms with van der Waals surface area (Å²) in [5.41, 5.74) is 7.13. The Balaban J connectivity index is 2.31. The Morgan fingerprint density at radius 3 is 3.18 bits per heavy atom. The molecule has 2 N–H and O–H groups in total. The Hall–Kier alpha value is -1.13. The first-order valence-corrected chi connectivity index (χ1v) is 6.29. The highest BCUT2D eigenvalue weighted by Crippen LogP contribution is 2.26. The van der Waals surface area contributed by atoms with Gasteiger partial charge in [0.15, 0.2) is 0 Å². The summed E-state index contributed by atoms with van der Waals surface area (Å²) in [4.78, 5) is 6.85. The minimum absolute atomic E-state index is 0.0130. The van der Waals surface area contributed by atoms with Crippen LogP contribution in [0.25, 0.3) is 0 Å². The second-order valence-electron chi connectivity index (χ2n) is 4.54. The minimum Gasteiger partial charge on any atom is -0.377 e. The lowest BCUT2D eigenvalue weighted by Crippen LogP contribution is -2.46. The average molecular weight is 235 g/mol. The average Bonchev–Trinajstić information content (AvgIpc) is 2.38. The summed E-state index contributed by atoms with van der Waals surface area (Å²) >= 11 is 0. The first-order chi connectivity index (χ1) is 8.24. The van der Waals surface area contributed by atoms with E-state index in [0.29, 0.717) is 6.04 Å². The molecule has 0 bridgehead atoms. The summed E-state index contributed by atoms with van der Waals surface area (Å²) in [6.45, 7) is 6.63. The van der Waals surface area contributed by atoms with Crippen molar-refractivity contribution in [2.24, 2.45) is 5.73 Å². The molecule has 2 unspecified atom stereocenters. The van der Waals surface area contributed by atoms with Gasteiger partial charge in [0, 0.05) is 24.3 Å². The van der Waals surface area contributed by atoms with Gasteiger partial charge in [-0.3, -0.25) is 0 Å². The fraction of sp³-hybridized carbons (Fsp3) is 0.615. The van der Waals surface area contributed by atoms with E-state index in [1.165, 1.54) is 0 Å². The van der Waals surface area contributed by atoms with Gasteiger partial charge >= 0.3 is 0 Å². The van der Waals surface area contributed by atoms with Gasteiger partial charge in [0.2, 0.25) is 0 Å². The maximum Gasteiger partial charge on any atom is 0.133 e. The van der Waals surface area contributed by atoms with Gasteiger partial charge in [0.25, 0.3) is 0 Å². The van der Waals surface area contributed by atoms with E-state index in [2.05, 4.69) is 22.9 Å². The third-order valence-electron chi connectivity index (χ3n) is 3.28. The topological polar surface area (TPSA) is 51.4 Å². The first kappa shape index (κ1) is 12.3. The van der Waals surface area contributed by atoms with Gasteiger partial charge in [-0.1, -0.05) is 13.0 Å². The number of pyridine rings is 1. The molecule has 0 aromatic carbocycles. The maximum atomic E-state index is 6.01. The summed E-state index contributed by atoms with van der Waals surface area (Å²) in [6, 6.07) is 4.44. The molecular weight excluding hydrogens is 214 g/mol. The van der Waals surface area contributed by atoms with Gasteiger partial charge in [0.05, 0.1) is 19.3 Å². The number of ether oxygens (including phenoxy) is 1. The molecule has 1 aliphatic heterocycles. The van der Waals surface area contributed by atoms with Gasteiger partial charge in [-0.2, -0.15) is 0 Å². The normalized spacial score (nSPS) is 22.5. The van der Waals surface area contributed by atoms with Crippen molar-refractivity contribution in [3.05, 3.63) is 23.9 Å². The molecule has 2 rings (SSSR count). The summed E-state index contributed by atoms with van der Waals surface area (Å²) in [6.07, 6.45) is 2.90. The van der Waals surface area contributed by atoms with E-state index in [0.717, 1.165) is 37.6 Å². The Morgan fingerprint density at radius 2 is 2.47 bits per heavy atom. The van der Waals surface area contributed by atoms with Gasteiger partial charge in [-0.05, 0) is 19.4 Å². The van der Waals surface area contributed by atoms with Crippen LogP contribution in [0.5, 0.6) is 0 Å². The van der Waals surface area contributed by atoms with Crippen molar-refractivity contribution in [2.45, 2.75) is 32.4 Å². The summed E-state index contributed by atoms with van der Waals surface area (Å²) < 4.78 is 5.52. The molecule has 1 aromatic heterocycles. The second kappa shape index (κ2) is 5.47. The fourth-order valence-corrected chi connectivity index (χ4v) is 2.28. The smallest absolute Gasteiger partial charge is 0.133 e. The SMILES string of the molecule is CCC1COCCN1c1ncccc1C(C)N. The summed E-state index contributed by atoms with van der Waals surface area (Å²) in [7, 11) is 0. The van der Waals surface area contributed by atoms with Crippen molar-refractivity contribution in [1.82, 2.24) is 4.98 Å². The summed E-state index contributed by atoms with van der Waals surface area (Å²) in [5, 5.41) is 0. The van der Waals surface area contributed by atoms with Crippen LogP contribution in [-0.4, -0.2) is 30.8 Å². The number of anilines is 1. The third kappa shape index (κ3) is 2.58. The zero-order valence-corrected chi connectivity index (χ0v) is 10.6. The highest BCUT2D eigenvalue weighted by atomic mass is 16.5. The highest BCUT2D eigenvalue weighted by Gasteiger charge is 2.25. The van der Waals surface area contributed by atoms with Crippen LogP contribution in [0.3, 0.4) is 0 Å². The van der Waals surface area contributed by atoms with Crippen LogP contribution >= 0.6 is 0 Å². The van der Waals surface area contributed by atoms with Gasteiger partial charge in [-0.15, -0.1) is 0 Å². The lowest BCUT2D eigenvalue weighted by atomic mass is 10.1. The van der Waals surface area contributed by atoms with E-state index in [4.69, 9.17) is 10.5 Å². The van der Waals surface area contributed by atoms with E-state index >= 15 is 0 Å². The van der Waals surface area contributed by atoms with Crippen LogP contribution in [0.15, 0.2) is 18.3 Å². The molecule has 4 heteroatoms. The number of morpholine rings is 1. The van der Waals surface area contributed by atoms with Crippen molar-refractivity contribution in [2.75, 3.05) is 24.7 Å². The molecule has 1 aliphatic rings. The van der Waals surface area contributed by atoms with Crippen LogP contribution in [-0.2, 0) is 4.74 Å². The second-order valence-corrected chi connectivity index (χ2v) is 4.54. The highest BCUT2D eigenvalue weighted by molar-refractivity contribution is 5.49. The molecule has 17 heavy (non-hydrogen) atoms. The van der Waals surface area contributed by atoms with E-state index in [9.17, 15) is 0 Å². The Labute approximate surface area is 103 Å². The molecule has 4 nitrogen and oxygen atoms in total. The molecule has 0 amide bonds. The zero-order chi connectivity index (χ0) is 12.3. The maximum absolute atomic E-state index is 6.01. The fourth-order valence-electron chi connectivity index (χ4n) is 2.28. The van der Waals surface area contributed by atoms with Crippen molar-refractivity contribution >= 4 is 5.82 Å². The Bertz CT molecular complexity index is 367. The van der Waals surface area contributed by atoms with Crippen molar-refractivity contribution in [1.29, 1.82) is 0 Å². The van der Waals surface area contributed by atoms with Crippen LogP contribution in [0.2, 0.25) is 0 Å². The number of hydrogen-bond donors (Lipinski definition) is 1. The van der Waals surface area contributed by atoms with Crippen molar-refractivity contribution < 1.29 is 4.74 Å². The number of nitrogens with zero attached hydrogens (tertiary/aromatic N) is 2. The lowest BCUT2D eigenvalue weighted by Gasteiger charge is -2.37. The molecule has 2 heterocycles. The van der Waals surface area contributed by atoms with E-state index in [1.54, 1.807) is 0 Å². The van der Waals surface area contributed by atoms with Gasteiger partial charge < -0.3 is 15.4 Å². The lowest BCUT2D eigenvalue weighted by molar-refractivity contribution is 0.0924. The number of nitrogens with two attached hydrogens (primary N) is 1. The van der Waals surface area contributed by atoms with E-state index in [1.807, 2.05) is 19.2 Å². The van der Waals surface area contributed by atoms with E-state index in [-0.39, 0.29) is 6.04 Å². The predicted molar refractivity (Wildman–Crippen MR) is 69.1 cm³/mol. The predicted octanol–water partition coefficient (Wildman–Crippen LogP) is 1.72. The van der Waals surface area contributed by atoms with Crippen molar-refractivity contribution in [3.8, 4) is 0 Å². The molecule has 1 saturated heterocycles. The van der Waals surface area contributed by atoms with Crippen LogP contribution < -0.4 is 10.6 Å². The molecular formula is C13H21N3O. The number of hydrogen-bond acceptors (Lipinski definition) is 4. The van der Waals surface area contributed by atoms with Crippen LogP contribution in [0.1, 0.15) is 31.9 Å². The Kier molecular flexibility index (Phi) is 3.97. The molecule has 0 radical (unpaired) electrons. The summed E-state index contributed by atoms with van der Waals surface area (Å²) in [5.74, 6) is 1.03. The molecule has 0 spiro atoms. The zero-order valence-electron chi connectivity index (χ0n) is 10.6. The molecule has 2 atom stereocenters.